The Kier molecular flexibility index (Phi) is 6.45. The van der Waals surface area contributed by atoms with Crippen LogP contribution in [0.2, 0.25) is 0 Å². The minimum absolute atomic E-state index is 0.778. The molecule has 0 aliphatic carbocycles. The van der Waals surface area contributed by atoms with Crippen LogP contribution in [0.4, 0.5) is 11.4 Å². The van der Waals surface area contributed by atoms with Gasteiger partial charge in [-0.3, -0.25) is 0 Å². The third-order valence-electron chi connectivity index (χ3n) is 2.37. The zero-order valence-electron chi connectivity index (χ0n) is 9.86. The summed E-state index contributed by atoms with van der Waals surface area (Å²) in [6, 6.07) is 15.9. The molecule has 2 nitrogen and oxygen atoms in total. The van der Waals surface area contributed by atoms with Gasteiger partial charge in [-0.2, -0.15) is 0 Å². The number of nitrogen functional groups attached to an aromatic ring is 2. The van der Waals surface area contributed by atoms with Gasteiger partial charge in [0.25, 0.3) is 0 Å². The molecule has 0 spiro atoms. The molecule has 0 unspecified atom stereocenters. The van der Waals surface area contributed by atoms with E-state index in [1.165, 1.54) is 11.1 Å². The van der Waals surface area contributed by atoms with Gasteiger partial charge < -0.3 is 11.5 Å². The van der Waals surface area contributed by atoms with Gasteiger partial charge in [0.1, 0.15) is 0 Å². The van der Waals surface area contributed by atoms with Crippen molar-refractivity contribution in [2.75, 3.05) is 11.5 Å². The van der Waals surface area contributed by atoms with Gasteiger partial charge in [-0.05, 0) is 41.8 Å². The molecule has 0 atom stereocenters. The fourth-order valence-corrected chi connectivity index (χ4v) is 1.51. The van der Waals surface area contributed by atoms with Gasteiger partial charge in [-0.1, -0.05) is 24.3 Å². The zero-order valence-corrected chi connectivity index (χ0v) is 12.6. The van der Waals surface area contributed by atoms with Crippen LogP contribution in [-0.4, -0.2) is 26.6 Å². The quantitative estimate of drug-likeness (QED) is 0.641. The molecule has 0 saturated heterocycles. The van der Waals surface area contributed by atoms with Crippen LogP contribution >= 0.6 is 7.91 Å². The summed E-state index contributed by atoms with van der Waals surface area (Å²) < 4.78 is 0. The van der Waals surface area contributed by atoms with Gasteiger partial charge in [-0.25, -0.2) is 0 Å². The van der Waals surface area contributed by atoms with Crippen molar-refractivity contribution in [3.05, 3.63) is 59.7 Å². The van der Waals surface area contributed by atoms with E-state index in [9.17, 15) is 0 Å². The summed E-state index contributed by atoms with van der Waals surface area (Å²) in [5.41, 5.74) is 15.4. The molecule has 0 aliphatic rings. The fourth-order valence-electron chi connectivity index (χ4n) is 1.51. The van der Waals surface area contributed by atoms with Crippen LogP contribution in [0.5, 0.6) is 0 Å². The van der Waals surface area contributed by atoms with E-state index in [0.717, 1.165) is 44.4 Å². The third kappa shape index (κ3) is 5.00. The molecule has 2 rings (SSSR count). The molecular weight excluding hydrogens is 243 g/mol. The molecule has 4 heteroatoms. The van der Waals surface area contributed by atoms with E-state index in [-0.39, 0.29) is 0 Å². The molecular formula is C13H14ClN2Na. The molecule has 0 saturated carbocycles. The second-order valence-electron chi connectivity index (χ2n) is 3.66. The van der Waals surface area contributed by atoms with E-state index in [1.54, 1.807) is 0 Å². The molecule has 4 N–H and O–H groups in total. The molecule has 0 aromatic heterocycles. The van der Waals surface area contributed by atoms with Gasteiger partial charge in [0.15, 0.2) is 0 Å². The van der Waals surface area contributed by atoms with E-state index in [1.807, 2.05) is 48.5 Å². The first-order valence-electron chi connectivity index (χ1n) is 5.31. The van der Waals surface area contributed by atoms with Gasteiger partial charge in [0.05, 0.1) is 0 Å². The average molecular weight is 257 g/mol. The van der Waals surface area contributed by atoms with E-state index in [2.05, 4.69) is 0 Å². The van der Waals surface area contributed by atoms with Gasteiger partial charge in [0.2, 0.25) is 0 Å². The van der Waals surface area contributed by atoms with Crippen LogP contribution in [0.1, 0.15) is 11.1 Å². The van der Waals surface area contributed by atoms with Gasteiger partial charge in [-0.15, -0.1) is 0 Å². The predicted octanol–water partition coefficient (Wildman–Crippen LogP) is 2.75. The molecule has 0 aliphatic heterocycles. The number of halogens is 1. The average Bonchev–Trinajstić information content (AvgIpc) is 2.37. The standard InChI is InChI=1S/C13H14N2.ClH.Na/c14-12-5-1-10(2-6-12)9-11-3-7-13(15)8-4-11;;/h1-8H,9,14-15H2;1H;/q;;+1/p-1. The Labute approximate surface area is 123 Å². The van der Waals surface area contributed by atoms with Crippen molar-refractivity contribution in [1.82, 2.24) is 0 Å². The van der Waals surface area contributed by atoms with E-state index in [0.29, 0.717) is 0 Å². The van der Waals surface area contributed by atoms with Crippen molar-refractivity contribution >= 4 is 45.9 Å². The first kappa shape index (κ1) is 14.4. The Balaban J connectivity index is 0.000000686. The van der Waals surface area contributed by atoms with Crippen molar-refractivity contribution in [3.8, 4) is 0 Å². The summed E-state index contributed by atoms with van der Waals surface area (Å²) in [6.45, 7) is 0. The summed E-state index contributed by atoms with van der Waals surface area (Å²) in [4.78, 5) is 0. The first-order valence-corrected chi connectivity index (χ1v) is 8.33. The number of hydrogen-bond donors (Lipinski definition) is 2. The zero-order chi connectivity index (χ0) is 12.7. The molecule has 0 bridgehead atoms. The number of hydrogen-bond acceptors (Lipinski definition) is 2. The number of nitrogens with two attached hydrogens (primary N) is 2. The van der Waals surface area contributed by atoms with E-state index < -0.39 is 0 Å². The molecule has 17 heavy (non-hydrogen) atoms. The van der Waals surface area contributed by atoms with E-state index >= 15 is 0 Å². The fraction of sp³-hybridized carbons (Fsp3) is 0.0769. The summed E-state index contributed by atoms with van der Waals surface area (Å²) in [7, 11) is 4.78. The van der Waals surface area contributed by atoms with Crippen molar-refractivity contribution < 1.29 is 0 Å². The normalized spacial score (nSPS) is 9.35. The summed E-state index contributed by atoms with van der Waals surface area (Å²) in [5.74, 6) is 0. The van der Waals surface area contributed by atoms with Crippen LogP contribution in [-0.2, 0) is 6.42 Å². The predicted molar refractivity (Wildman–Crippen MR) is 76.1 cm³/mol. The van der Waals surface area contributed by atoms with Crippen LogP contribution in [0.15, 0.2) is 48.5 Å². The minimum atomic E-state index is 0.778. The number of anilines is 2. The van der Waals surface area contributed by atoms with Gasteiger partial charge in [0, 0.05) is 11.4 Å². The second-order valence-corrected chi connectivity index (χ2v) is 3.66. The second kappa shape index (κ2) is 7.62. The van der Waals surface area contributed by atoms with Crippen LogP contribution in [0.3, 0.4) is 0 Å². The van der Waals surface area contributed by atoms with Crippen molar-refractivity contribution in [2.24, 2.45) is 0 Å². The van der Waals surface area contributed by atoms with Crippen molar-refractivity contribution in [2.45, 2.75) is 6.42 Å². The van der Waals surface area contributed by atoms with Crippen LogP contribution < -0.4 is 11.5 Å². The Morgan fingerprint density at radius 1 is 0.706 bits per heavy atom. The van der Waals surface area contributed by atoms with Crippen molar-refractivity contribution in [1.29, 1.82) is 0 Å². The number of benzene rings is 2. The SMILES string of the molecule is Nc1ccc(Cc2ccc(N)cc2)cc1.[Na][Cl]. The Morgan fingerprint density at radius 2 is 1.00 bits per heavy atom. The summed E-state index contributed by atoms with van der Waals surface area (Å²) in [5, 5.41) is 0. The Bertz CT molecular complexity index is 396. The third-order valence-corrected chi connectivity index (χ3v) is 2.37. The van der Waals surface area contributed by atoms with E-state index in [4.69, 9.17) is 19.4 Å². The molecule has 2 aromatic rings. The molecule has 0 radical (unpaired) electrons. The van der Waals surface area contributed by atoms with Crippen LogP contribution in [0, 0.1) is 0 Å². The maximum absolute atomic E-state index is 5.62. The van der Waals surface area contributed by atoms with Crippen LogP contribution in [0.25, 0.3) is 0 Å². The molecule has 2 aromatic carbocycles. The first-order chi connectivity index (χ1) is 8.24. The van der Waals surface area contributed by atoms with Gasteiger partial charge >= 0.3 is 34.6 Å². The summed E-state index contributed by atoms with van der Waals surface area (Å²) >= 11 is 0.778. The molecule has 84 valence electrons. The maximum atomic E-state index is 5.62. The molecule has 0 heterocycles. The number of rotatable bonds is 2. The molecule has 0 amide bonds. The Hall–Kier alpha value is -0.670. The Morgan fingerprint density at radius 3 is 1.29 bits per heavy atom. The monoisotopic (exact) mass is 256 g/mol. The molecule has 0 fully saturated rings. The topological polar surface area (TPSA) is 52.0 Å². The summed E-state index contributed by atoms with van der Waals surface area (Å²) in [6.07, 6.45) is 0.917. The van der Waals surface area contributed by atoms with Crippen molar-refractivity contribution in [3.63, 3.8) is 0 Å².